The molecule has 0 saturated heterocycles. The molecule has 0 aliphatic heterocycles. The molecule has 0 aromatic carbocycles. The Morgan fingerprint density at radius 3 is 2.93 bits per heavy atom. The minimum atomic E-state index is 0.123. The summed E-state index contributed by atoms with van der Waals surface area (Å²) in [5, 5.41) is 0. The van der Waals surface area contributed by atoms with E-state index in [4.69, 9.17) is 0 Å². The molecule has 1 atom stereocenters. The highest BCUT2D eigenvalue weighted by atomic mass is 16.2. The number of rotatable bonds is 3. The monoisotopic (exact) mass is 193 g/mol. The van der Waals surface area contributed by atoms with Crippen LogP contribution in [0.2, 0.25) is 0 Å². The summed E-state index contributed by atoms with van der Waals surface area (Å²) in [5.41, 5.74) is 0. The Hall–Kier alpha value is -1.05. The molecule has 1 unspecified atom stereocenters. The lowest BCUT2D eigenvalue weighted by Gasteiger charge is -2.15. The van der Waals surface area contributed by atoms with Gasteiger partial charge < -0.3 is 4.90 Å². The third-order valence-electron chi connectivity index (χ3n) is 2.63. The molecule has 0 aromatic rings. The molecule has 0 N–H and O–H groups in total. The maximum Gasteiger partial charge on any atom is 0.219 e. The Morgan fingerprint density at radius 1 is 1.57 bits per heavy atom. The van der Waals surface area contributed by atoms with Crippen LogP contribution in [0.5, 0.6) is 0 Å². The van der Waals surface area contributed by atoms with Crippen LogP contribution in [0, 0.1) is 5.92 Å². The predicted octanol–water partition coefficient (Wildman–Crippen LogP) is 2.38. The average molecular weight is 193 g/mol. The minimum absolute atomic E-state index is 0.123. The quantitative estimate of drug-likeness (QED) is 0.630. The number of amides is 1. The van der Waals surface area contributed by atoms with Gasteiger partial charge in [0.1, 0.15) is 0 Å². The highest BCUT2D eigenvalue weighted by Crippen LogP contribution is 2.18. The Bertz CT molecular complexity index is 243. The molecule has 0 bridgehead atoms. The predicted molar refractivity (Wildman–Crippen MR) is 58.9 cm³/mol. The molecule has 0 heterocycles. The molecular formula is C12H19NO. The normalized spacial score (nSPS) is 21.4. The van der Waals surface area contributed by atoms with Crippen LogP contribution in [-0.4, -0.2) is 24.4 Å². The number of hydrogen-bond acceptors (Lipinski definition) is 1. The zero-order valence-corrected chi connectivity index (χ0v) is 9.07. The third-order valence-corrected chi connectivity index (χ3v) is 2.63. The molecule has 0 fully saturated rings. The van der Waals surface area contributed by atoms with Gasteiger partial charge in [0.2, 0.25) is 5.91 Å². The summed E-state index contributed by atoms with van der Waals surface area (Å²) in [7, 11) is 1.83. The van der Waals surface area contributed by atoms with Gasteiger partial charge in [-0.3, -0.25) is 4.79 Å². The van der Waals surface area contributed by atoms with Crippen molar-refractivity contribution in [3.8, 4) is 0 Å². The van der Waals surface area contributed by atoms with E-state index in [-0.39, 0.29) is 5.91 Å². The van der Waals surface area contributed by atoms with Gasteiger partial charge in [-0.15, -0.1) is 0 Å². The van der Waals surface area contributed by atoms with Gasteiger partial charge in [0, 0.05) is 20.5 Å². The van der Waals surface area contributed by atoms with Crippen LogP contribution in [0.15, 0.2) is 24.3 Å². The Morgan fingerprint density at radius 2 is 2.36 bits per heavy atom. The van der Waals surface area contributed by atoms with Gasteiger partial charge in [-0.05, 0) is 25.2 Å². The van der Waals surface area contributed by atoms with Crippen LogP contribution in [0.3, 0.4) is 0 Å². The largest absolute Gasteiger partial charge is 0.342 e. The zero-order valence-electron chi connectivity index (χ0n) is 9.07. The summed E-state index contributed by atoms with van der Waals surface area (Å²) in [4.78, 5) is 12.6. The third kappa shape index (κ3) is 3.77. The maximum atomic E-state index is 10.9. The lowest BCUT2D eigenvalue weighted by molar-refractivity contribution is -0.127. The molecule has 0 saturated carbocycles. The van der Waals surface area contributed by atoms with E-state index in [1.807, 2.05) is 7.05 Å². The SMILES string of the molecule is CC(=O)N(C)CC=CC1CC=CCC1. The van der Waals surface area contributed by atoms with Gasteiger partial charge in [-0.25, -0.2) is 0 Å². The summed E-state index contributed by atoms with van der Waals surface area (Å²) in [6, 6.07) is 0. The summed E-state index contributed by atoms with van der Waals surface area (Å²) in [6.45, 7) is 2.33. The Kier molecular flexibility index (Phi) is 4.44. The molecule has 78 valence electrons. The first-order valence-electron chi connectivity index (χ1n) is 5.23. The number of carbonyl (C=O) groups excluding carboxylic acids is 1. The molecular weight excluding hydrogens is 174 g/mol. The van der Waals surface area contributed by atoms with Crippen molar-refractivity contribution >= 4 is 5.91 Å². The Labute approximate surface area is 86.3 Å². The van der Waals surface area contributed by atoms with Gasteiger partial charge in [-0.2, -0.15) is 0 Å². The van der Waals surface area contributed by atoms with Crippen molar-refractivity contribution < 1.29 is 4.79 Å². The average Bonchev–Trinajstić information content (AvgIpc) is 2.19. The van der Waals surface area contributed by atoms with Gasteiger partial charge >= 0.3 is 0 Å². The van der Waals surface area contributed by atoms with Crippen molar-refractivity contribution in [1.82, 2.24) is 4.90 Å². The molecule has 1 amide bonds. The van der Waals surface area contributed by atoms with E-state index in [0.717, 1.165) is 13.0 Å². The fraction of sp³-hybridized carbons (Fsp3) is 0.583. The summed E-state index contributed by atoms with van der Waals surface area (Å²) in [6.07, 6.45) is 12.4. The minimum Gasteiger partial charge on any atom is -0.342 e. The topological polar surface area (TPSA) is 20.3 Å². The number of carbonyl (C=O) groups is 1. The lowest BCUT2D eigenvalue weighted by Crippen LogP contribution is -2.23. The summed E-state index contributed by atoms with van der Waals surface area (Å²) in [5.74, 6) is 0.804. The van der Waals surface area contributed by atoms with E-state index in [2.05, 4.69) is 24.3 Å². The van der Waals surface area contributed by atoms with Crippen LogP contribution in [0.4, 0.5) is 0 Å². The first-order valence-corrected chi connectivity index (χ1v) is 5.23. The fourth-order valence-corrected chi connectivity index (χ4v) is 1.53. The van der Waals surface area contributed by atoms with E-state index >= 15 is 0 Å². The van der Waals surface area contributed by atoms with Gasteiger partial charge in [0.05, 0.1) is 0 Å². The zero-order chi connectivity index (χ0) is 10.4. The van der Waals surface area contributed by atoms with Crippen molar-refractivity contribution in [2.45, 2.75) is 26.2 Å². The molecule has 14 heavy (non-hydrogen) atoms. The molecule has 2 heteroatoms. The van der Waals surface area contributed by atoms with E-state index in [9.17, 15) is 4.79 Å². The smallest absolute Gasteiger partial charge is 0.219 e. The van der Waals surface area contributed by atoms with Crippen molar-refractivity contribution in [3.63, 3.8) is 0 Å². The molecule has 2 nitrogen and oxygen atoms in total. The van der Waals surface area contributed by atoms with Crippen molar-refractivity contribution in [1.29, 1.82) is 0 Å². The van der Waals surface area contributed by atoms with E-state index in [0.29, 0.717) is 5.92 Å². The Balaban J connectivity index is 2.26. The summed E-state index contributed by atoms with van der Waals surface area (Å²) >= 11 is 0. The number of likely N-dealkylation sites (N-methyl/N-ethyl adjacent to an activating group) is 1. The van der Waals surface area contributed by atoms with Crippen LogP contribution in [-0.2, 0) is 4.79 Å². The second-order valence-corrected chi connectivity index (χ2v) is 3.87. The second kappa shape index (κ2) is 5.63. The molecule has 0 radical (unpaired) electrons. The van der Waals surface area contributed by atoms with E-state index in [1.54, 1.807) is 11.8 Å². The number of hydrogen-bond donors (Lipinski definition) is 0. The standard InChI is InChI=1S/C12H19NO/c1-11(14)13(2)10-6-9-12-7-4-3-5-8-12/h3-4,6,9,12H,5,7-8,10H2,1-2H3. The van der Waals surface area contributed by atoms with Crippen LogP contribution in [0.25, 0.3) is 0 Å². The van der Waals surface area contributed by atoms with Crippen molar-refractivity contribution in [2.75, 3.05) is 13.6 Å². The second-order valence-electron chi connectivity index (χ2n) is 3.87. The highest BCUT2D eigenvalue weighted by molar-refractivity contribution is 5.72. The number of nitrogens with zero attached hydrogens (tertiary/aromatic N) is 1. The van der Waals surface area contributed by atoms with Crippen molar-refractivity contribution in [3.05, 3.63) is 24.3 Å². The highest BCUT2D eigenvalue weighted by Gasteiger charge is 2.05. The number of allylic oxidation sites excluding steroid dienone is 3. The first kappa shape index (κ1) is 11.0. The van der Waals surface area contributed by atoms with Crippen LogP contribution >= 0.6 is 0 Å². The molecule has 0 spiro atoms. The van der Waals surface area contributed by atoms with E-state index in [1.165, 1.54) is 12.8 Å². The lowest BCUT2D eigenvalue weighted by atomic mass is 9.94. The maximum absolute atomic E-state index is 10.9. The first-order chi connectivity index (χ1) is 6.70. The van der Waals surface area contributed by atoms with Gasteiger partial charge in [0.15, 0.2) is 0 Å². The van der Waals surface area contributed by atoms with Crippen molar-refractivity contribution in [2.24, 2.45) is 5.92 Å². The van der Waals surface area contributed by atoms with Crippen LogP contribution < -0.4 is 0 Å². The van der Waals surface area contributed by atoms with Crippen LogP contribution in [0.1, 0.15) is 26.2 Å². The fourth-order valence-electron chi connectivity index (χ4n) is 1.53. The summed E-state index contributed by atoms with van der Waals surface area (Å²) < 4.78 is 0. The van der Waals surface area contributed by atoms with Gasteiger partial charge in [0.25, 0.3) is 0 Å². The molecule has 0 aromatic heterocycles. The molecule has 1 rings (SSSR count). The molecule has 1 aliphatic carbocycles. The molecule has 1 aliphatic rings. The van der Waals surface area contributed by atoms with E-state index < -0.39 is 0 Å². The van der Waals surface area contributed by atoms with Gasteiger partial charge in [-0.1, -0.05) is 24.3 Å².